The molecule has 0 unspecified atom stereocenters. The number of rotatable bonds is 4. The average molecular weight is 314 g/mol. The fourth-order valence-corrected chi connectivity index (χ4v) is 2.33. The number of carbonyl (C=O) groups is 1. The number of halogens is 2. The molecule has 0 saturated carbocycles. The molecule has 0 bridgehead atoms. The SMILES string of the molecule is CC[C@H](N)C(=O)NCc1cc(Br)cs1.Cl. The summed E-state index contributed by atoms with van der Waals surface area (Å²) in [6.07, 6.45) is 0.667. The Labute approximate surface area is 108 Å². The molecular formula is C9H14BrClN2OS. The molecule has 86 valence electrons. The van der Waals surface area contributed by atoms with Gasteiger partial charge in [-0.2, -0.15) is 0 Å². The van der Waals surface area contributed by atoms with Crippen molar-refractivity contribution >= 4 is 45.6 Å². The molecule has 1 aromatic heterocycles. The molecule has 1 atom stereocenters. The van der Waals surface area contributed by atoms with E-state index in [1.165, 1.54) is 0 Å². The number of nitrogens with two attached hydrogens (primary N) is 1. The van der Waals surface area contributed by atoms with Crippen molar-refractivity contribution in [2.45, 2.75) is 25.9 Å². The van der Waals surface area contributed by atoms with Gasteiger partial charge in [0.2, 0.25) is 5.91 Å². The molecule has 0 radical (unpaired) electrons. The van der Waals surface area contributed by atoms with Crippen molar-refractivity contribution in [3.8, 4) is 0 Å². The highest BCUT2D eigenvalue weighted by atomic mass is 79.9. The maximum Gasteiger partial charge on any atom is 0.237 e. The van der Waals surface area contributed by atoms with Crippen LogP contribution in [0.4, 0.5) is 0 Å². The maximum absolute atomic E-state index is 11.3. The third kappa shape index (κ3) is 4.97. The fraction of sp³-hybridized carbons (Fsp3) is 0.444. The van der Waals surface area contributed by atoms with Gasteiger partial charge in [0, 0.05) is 14.7 Å². The first-order chi connectivity index (χ1) is 6.63. The Kier molecular flexibility index (Phi) is 7.17. The van der Waals surface area contributed by atoms with Crippen LogP contribution in [0, 0.1) is 0 Å². The fourth-order valence-electron chi connectivity index (χ4n) is 0.937. The zero-order valence-corrected chi connectivity index (χ0v) is 11.5. The van der Waals surface area contributed by atoms with Crippen LogP contribution in [0.3, 0.4) is 0 Å². The number of carbonyl (C=O) groups excluding carboxylic acids is 1. The summed E-state index contributed by atoms with van der Waals surface area (Å²) in [7, 11) is 0. The van der Waals surface area contributed by atoms with Gasteiger partial charge in [-0.25, -0.2) is 0 Å². The van der Waals surface area contributed by atoms with Gasteiger partial charge in [0.25, 0.3) is 0 Å². The van der Waals surface area contributed by atoms with Gasteiger partial charge < -0.3 is 11.1 Å². The Hall–Kier alpha value is -0.100. The van der Waals surface area contributed by atoms with Crippen LogP contribution in [0.15, 0.2) is 15.9 Å². The number of nitrogens with one attached hydrogen (secondary N) is 1. The number of hydrogen-bond acceptors (Lipinski definition) is 3. The second-order valence-electron chi connectivity index (χ2n) is 2.96. The van der Waals surface area contributed by atoms with Crippen molar-refractivity contribution in [3.63, 3.8) is 0 Å². The first kappa shape index (κ1) is 14.9. The van der Waals surface area contributed by atoms with Crippen LogP contribution in [0.1, 0.15) is 18.2 Å². The van der Waals surface area contributed by atoms with Crippen molar-refractivity contribution in [1.82, 2.24) is 5.32 Å². The lowest BCUT2D eigenvalue weighted by Crippen LogP contribution is -2.39. The van der Waals surface area contributed by atoms with Gasteiger partial charge in [0.05, 0.1) is 12.6 Å². The summed E-state index contributed by atoms with van der Waals surface area (Å²) < 4.78 is 1.05. The van der Waals surface area contributed by atoms with Gasteiger partial charge in [-0.3, -0.25) is 4.79 Å². The first-order valence-electron chi connectivity index (χ1n) is 4.39. The van der Waals surface area contributed by atoms with Crippen LogP contribution in [0.5, 0.6) is 0 Å². The Bertz CT molecular complexity index is 319. The van der Waals surface area contributed by atoms with Crippen LogP contribution >= 0.6 is 39.7 Å². The van der Waals surface area contributed by atoms with Gasteiger partial charge in [-0.15, -0.1) is 23.7 Å². The van der Waals surface area contributed by atoms with Gasteiger partial charge >= 0.3 is 0 Å². The lowest BCUT2D eigenvalue weighted by Gasteiger charge is -2.08. The second kappa shape index (κ2) is 7.22. The van der Waals surface area contributed by atoms with E-state index >= 15 is 0 Å². The molecular weight excluding hydrogens is 300 g/mol. The molecule has 0 aliphatic carbocycles. The van der Waals surface area contributed by atoms with Crippen LogP contribution in [-0.2, 0) is 11.3 Å². The van der Waals surface area contributed by atoms with Crippen LogP contribution in [0.2, 0.25) is 0 Å². The topological polar surface area (TPSA) is 55.1 Å². The Morgan fingerprint density at radius 1 is 1.73 bits per heavy atom. The summed E-state index contributed by atoms with van der Waals surface area (Å²) in [4.78, 5) is 12.4. The molecule has 1 heterocycles. The van der Waals surface area contributed by atoms with Gasteiger partial charge in [0.1, 0.15) is 0 Å². The molecule has 0 spiro atoms. The largest absolute Gasteiger partial charge is 0.350 e. The highest BCUT2D eigenvalue weighted by Crippen LogP contribution is 2.19. The Balaban J connectivity index is 0.00000196. The smallest absolute Gasteiger partial charge is 0.237 e. The minimum absolute atomic E-state index is 0. The summed E-state index contributed by atoms with van der Waals surface area (Å²) in [6.45, 7) is 2.45. The quantitative estimate of drug-likeness (QED) is 0.896. The van der Waals surface area contributed by atoms with Crippen LogP contribution in [-0.4, -0.2) is 11.9 Å². The van der Waals surface area contributed by atoms with Crippen molar-refractivity contribution in [3.05, 3.63) is 20.8 Å². The average Bonchev–Trinajstić information content (AvgIpc) is 2.59. The lowest BCUT2D eigenvalue weighted by molar-refractivity contribution is -0.122. The zero-order valence-electron chi connectivity index (χ0n) is 8.33. The van der Waals surface area contributed by atoms with Gasteiger partial charge in [-0.1, -0.05) is 6.92 Å². The van der Waals surface area contributed by atoms with E-state index in [1.807, 2.05) is 18.4 Å². The van der Waals surface area contributed by atoms with Crippen molar-refractivity contribution in [1.29, 1.82) is 0 Å². The molecule has 1 aromatic rings. The van der Waals surface area contributed by atoms with Crippen LogP contribution < -0.4 is 11.1 Å². The predicted molar refractivity (Wildman–Crippen MR) is 69.4 cm³/mol. The van der Waals surface area contributed by atoms with Gasteiger partial charge in [0.15, 0.2) is 0 Å². The minimum Gasteiger partial charge on any atom is -0.350 e. The van der Waals surface area contributed by atoms with Crippen molar-refractivity contribution < 1.29 is 4.79 Å². The molecule has 1 rings (SSSR count). The Morgan fingerprint density at radius 2 is 2.40 bits per heavy atom. The standard InChI is InChI=1S/C9H13BrN2OS.ClH/c1-2-8(11)9(13)12-4-7-3-6(10)5-14-7;/h3,5,8H,2,4,11H2,1H3,(H,12,13);1H/t8-;/m0./s1. The third-order valence-electron chi connectivity index (χ3n) is 1.84. The summed E-state index contributed by atoms with van der Waals surface area (Å²) in [5.41, 5.74) is 5.57. The highest BCUT2D eigenvalue weighted by molar-refractivity contribution is 9.10. The number of thiophene rings is 1. The summed E-state index contributed by atoms with van der Waals surface area (Å²) in [5, 5.41) is 4.78. The summed E-state index contributed by atoms with van der Waals surface area (Å²) >= 11 is 4.96. The lowest BCUT2D eigenvalue weighted by atomic mass is 10.2. The molecule has 0 saturated heterocycles. The van der Waals surface area contributed by atoms with E-state index in [9.17, 15) is 4.79 Å². The minimum atomic E-state index is -0.390. The molecule has 0 aliphatic rings. The Morgan fingerprint density at radius 3 is 2.87 bits per heavy atom. The monoisotopic (exact) mass is 312 g/mol. The van der Waals surface area contributed by atoms with E-state index in [0.717, 1.165) is 9.35 Å². The molecule has 0 aromatic carbocycles. The molecule has 0 aliphatic heterocycles. The molecule has 0 fully saturated rings. The van der Waals surface area contributed by atoms with Crippen molar-refractivity contribution in [2.24, 2.45) is 5.73 Å². The third-order valence-corrected chi connectivity index (χ3v) is 3.53. The predicted octanol–water partition coefficient (Wildman–Crippen LogP) is 2.29. The second-order valence-corrected chi connectivity index (χ2v) is 4.88. The van der Waals surface area contributed by atoms with E-state index in [0.29, 0.717) is 13.0 Å². The highest BCUT2D eigenvalue weighted by Gasteiger charge is 2.10. The normalized spacial score (nSPS) is 11.7. The number of amides is 1. The van der Waals surface area contributed by atoms with E-state index in [4.69, 9.17) is 5.73 Å². The molecule has 15 heavy (non-hydrogen) atoms. The first-order valence-corrected chi connectivity index (χ1v) is 6.07. The molecule has 1 amide bonds. The van der Waals surface area contributed by atoms with E-state index in [-0.39, 0.29) is 18.3 Å². The van der Waals surface area contributed by atoms with Gasteiger partial charge in [-0.05, 0) is 28.4 Å². The number of hydrogen-bond donors (Lipinski definition) is 2. The molecule has 3 nitrogen and oxygen atoms in total. The summed E-state index contributed by atoms with van der Waals surface area (Å²) in [5.74, 6) is -0.0861. The maximum atomic E-state index is 11.3. The van der Waals surface area contributed by atoms with Crippen molar-refractivity contribution in [2.75, 3.05) is 0 Å². The molecule has 3 N–H and O–H groups in total. The molecule has 6 heteroatoms. The zero-order chi connectivity index (χ0) is 10.6. The van der Waals surface area contributed by atoms with E-state index in [2.05, 4.69) is 21.2 Å². The van der Waals surface area contributed by atoms with E-state index in [1.54, 1.807) is 11.3 Å². The van der Waals surface area contributed by atoms with E-state index < -0.39 is 6.04 Å². The van der Waals surface area contributed by atoms with Crippen LogP contribution in [0.25, 0.3) is 0 Å². The summed E-state index contributed by atoms with van der Waals surface area (Å²) in [6, 6.07) is 1.60.